The van der Waals surface area contributed by atoms with Crippen LogP contribution >= 0.6 is 0 Å². The van der Waals surface area contributed by atoms with E-state index in [1.165, 1.54) is 25.8 Å². The van der Waals surface area contributed by atoms with Gasteiger partial charge in [-0.1, -0.05) is 27.7 Å². The zero-order valence-corrected chi connectivity index (χ0v) is 13.5. The second-order valence-electron chi connectivity index (χ2n) is 7.00. The van der Waals surface area contributed by atoms with Crippen molar-refractivity contribution in [1.29, 1.82) is 0 Å². The first-order chi connectivity index (χ1) is 9.01. The zero-order valence-electron chi connectivity index (χ0n) is 13.5. The molecule has 19 heavy (non-hydrogen) atoms. The van der Waals surface area contributed by atoms with Gasteiger partial charge in [0, 0.05) is 26.2 Å². The minimum atomic E-state index is 0.442. The molecule has 1 N–H and O–H groups in total. The highest BCUT2D eigenvalue weighted by Gasteiger charge is 2.19. The van der Waals surface area contributed by atoms with Gasteiger partial charge in [0.05, 0.1) is 6.10 Å². The van der Waals surface area contributed by atoms with Crippen molar-refractivity contribution in [2.75, 3.05) is 39.3 Å². The summed E-state index contributed by atoms with van der Waals surface area (Å²) in [5.74, 6) is 0. The fourth-order valence-electron chi connectivity index (χ4n) is 2.46. The molecular formula is C16H34N2O. The lowest BCUT2D eigenvalue weighted by Crippen LogP contribution is -2.43. The van der Waals surface area contributed by atoms with E-state index in [0.717, 1.165) is 39.2 Å². The summed E-state index contributed by atoms with van der Waals surface area (Å²) in [6, 6.07) is 0. The first-order valence-corrected chi connectivity index (χ1v) is 8.06. The molecule has 0 aliphatic carbocycles. The third kappa shape index (κ3) is 8.61. The molecule has 114 valence electrons. The number of rotatable bonds is 8. The number of nitrogens with zero attached hydrogens (tertiary/aromatic N) is 1. The summed E-state index contributed by atoms with van der Waals surface area (Å²) in [6.45, 7) is 15.8. The van der Waals surface area contributed by atoms with E-state index < -0.39 is 0 Å². The Morgan fingerprint density at radius 1 is 1.26 bits per heavy atom. The maximum Gasteiger partial charge on any atom is 0.0702 e. The molecule has 1 aliphatic heterocycles. The van der Waals surface area contributed by atoms with E-state index in [1.807, 2.05) is 0 Å². The van der Waals surface area contributed by atoms with E-state index in [0.29, 0.717) is 11.5 Å². The highest BCUT2D eigenvalue weighted by Crippen LogP contribution is 2.17. The lowest BCUT2D eigenvalue weighted by atomic mass is 9.92. The molecule has 1 aliphatic rings. The third-order valence-electron chi connectivity index (χ3n) is 3.68. The van der Waals surface area contributed by atoms with Crippen molar-refractivity contribution in [3.05, 3.63) is 0 Å². The van der Waals surface area contributed by atoms with Gasteiger partial charge in [0.25, 0.3) is 0 Å². The number of ether oxygens (including phenoxy) is 1. The first-order valence-electron chi connectivity index (χ1n) is 8.06. The topological polar surface area (TPSA) is 24.5 Å². The lowest BCUT2D eigenvalue weighted by molar-refractivity contribution is 0.000358. The molecule has 3 nitrogen and oxygen atoms in total. The van der Waals surface area contributed by atoms with Crippen LogP contribution in [0.5, 0.6) is 0 Å². The van der Waals surface area contributed by atoms with E-state index in [9.17, 15) is 0 Å². The van der Waals surface area contributed by atoms with Crippen LogP contribution in [0.4, 0.5) is 0 Å². The van der Waals surface area contributed by atoms with E-state index in [1.54, 1.807) is 0 Å². The van der Waals surface area contributed by atoms with Gasteiger partial charge in [-0.15, -0.1) is 0 Å². The Kier molecular flexibility index (Phi) is 7.96. The van der Waals surface area contributed by atoms with Crippen LogP contribution in [0.15, 0.2) is 0 Å². The number of likely N-dealkylation sites (tertiary alicyclic amines) is 1. The number of nitrogens with one attached hydrogen (secondary N) is 1. The molecule has 3 heteroatoms. The molecular weight excluding hydrogens is 236 g/mol. The summed E-state index contributed by atoms with van der Waals surface area (Å²) in [6.07, 6.45) is 5.38. The van der Waals surface area contributed by atoms with Gasteiger partial charge >= 0.3 is 0 Å². The highest BCUT2D eigenvalue weighted by molar-refractivity contribution is 4.74. The summed E-state index contributed by atoms with van der Waals surface area (Å²) in [7, 11) is 0. The predicted molar refractivity (Wildman–Crippen MR) is 82.6 cm³/mol. The van der Waals surface area contributed by atoms with Gasteiger partial charge in [-0.3, -0.25) is 4.90 Å². The summed E-state index contributed by atoms with van der Waals surface area (Å²) < 4.78 is 5.87. The minimum Gasteiger partial charge on any atom is -0.377 e. The molecule has 0 radical (unpaired) electrons. The molecule has 1 fully saturated rings. The van der Waals surface area contributed by atoms with Crippen molar-refractivity contribution in [3.8, 4) is 0 Å². The lowest BCUT2D eigenvalue weighted by Gasteiger charge is -2.32. The highest BCUT2D eigenvalue weighted by atomic mass is 16.5. The van der Waals surface area contributed by atoms with Crippen molar-refractivity contribution in [3.63, 3.8) is 0 Å². The Balaban J connectivity index is 2.05. The van der Waals surface area contributed by atoms with E-state index in [4.69, 9.17) is 4.74 Å². The molecule has 1 rings (SSSR count). The summed E-state index contributed by atoms with van der Waals surface area (Å²) in [5, 5.41) is 3.56. The number of piperidine rings is 1. The Morgan fingerprint density at radius 3 is 2.74 bits per heavy atom. The number of hydrogen-bond acceptors (Lipinski definition) is 3. The van der Waals surface area contributed by atoms with Crippen molar-refractivity contribution < 1.29 is 4.74 Å². The zero-order chi connectivity index (χ0) is 14.1. The van der Waals surface area contributed by atoms with Crippen molar-refractivity contribution in [1.82, 2.24) is 10.2 Å². The van der Waals surface area contributed by atoms with E-state index in [2.05, 4.69) is 37.9 Å². The molecule has 1 unspecified atom stereocenters. The monoisotopic (exact) mass is 270 g/mol. The van der Waals surface area contributed by atoms with Crippen molar-refractivity contribution in [2.45, 2.75) is 59.5 Å². The van der Waals surface area contributed by atoms with Gasteiger partial charge < -0.3 is 10.1 Å². The summed E-state index contributed by atoms with van der Waals surface area (Å²) in [5.41, 5.74) is 0.442. The molecule has 0 aromatic rings. The van der Waals surface area contributed by atoms with Crippen LogP contribution in [0.2, 0.25) is 0 Å². The van der Waals surface area contributed by atoms with Gasteiger partial charge in [-0.25, -0.2) is 0 Å². The molecule has 0 spiro atoms. The maximum absolute atomic E-state index is 5.87. The van der Waals surface area contributed by atoms with Gasteiger partial charge in [0.1, 0.15) is 0 Å². The second-order valence-corrected chi connectivity index (χ2v) is 7.00. The maximum atomic E-state index is 5.87. The van der Waals surface area contributed by atoms with Crippen molar-refractivity contribution in [2.24, 2.45) is 5.41 Å². The smallest absolute Gasteiger partial charge is 0.0702 e. The van der Waals surface area contributed by atoms with Crippen LogP contribution in [-0.2, 0) is 4.74 Å². The average molecular weight is 270 g/mol. The summed E-state index contributed by atoms with van der Waals surface area (Å²) >= 11 is 0. The normalized spacial score (nSPS) is 21.8. The summed E-state index contributed by atoms with van der Waals surface area (Å²) in [4.78, 5) is 2.55. The molecule has 0 amide bonds. The van der Waals surface area contributed by atoms with Crippen LogP contribution in [0.3, 0.4) is 0 Å². The van der Waals surface area contributed by atoms with Crippen molar-refractivity contribution >= 4 is 0 Å². The van der Waals surface area contributed by atoms with Crippen LogP contribution < -0.4 is 5.32 Å². The van der Waals surface area contributed by atoms with Gasteiger partial charge in [0.2, 0.25) is 0 Å². The Morgan fingerprint density at radius 2 is 2.05 bits per heavy atom. The van der Waals surface area contributed by atoms with Crippen LogP contribution in [0.25, 0.3) is 0 Å². The molecule has 0 saturated carbocycles. The SMILES string of the molecule is CCCOC1CCCN(CCNCCC(C)(C)C)C1. The quantitative estimate of drug-likeness (QED) is 0.686. The van der Waals surface area contributed by atoms with Gasteiger partial charge in [0.15, 0.2) is 0 Å². The fraction of sp³-hybridized carbons (Fsp3) is 1.00. The fourth-order valence-corrected chi connectivity index (χ4v) is 2.46. The Bertz CT molecular complexity index is 225. The third-order valence-corrected chi connectivity index (χ3v) is 3.68. The Labute approximate surface area is 120 Å². The molecule has 1 atom stereocenters. The average Bonchev–Trinajstić information content (AvgIpc) is 2.35. The second kappa shape index (κ2) is 8.93. The molecule has 0 bridgehead atoms. The number of hydrogen-bond donors (Lipinski definition) is 1. The molecule has 1 heterocycles. The molecule has 0 aromatic heterocycles. The standard InChI is InChI=1S/C16H34N2O/c1-5-13-19-15-7-6-11-18(14-15)12-10-17-9-8-16(2,3)4/h15,17H,5-14H2,1-4H3. The van der Waals surface area contributed by atoms with Crippen LogP contribution in [0.1, 0.15) is 53.4 Å². The van der Waals surface area contributed by atoms with E-state index in [-0.39, 0.29) is 0 Å². The first kappa shape index (κ1) is 16.9. The minimum absolute atomic E-state index is 0.442. The largest absolute Gasteiger partial charge is 0.377 e. The van der Waals surface area contributed by atoms with Crippen LogP contribution in [-0.4, -0.2) is 50.3 Å². The predicted octanol–water partition coefficient (Wildman–Crippen LogP) is 2.90. The molecule has 1 saturated heterocycles. The van der Waals surface area contributed by atoms with E-state index >= 15 is 0 Å². The van der Waals surface area contributed by atoms with Gasteiger partial charge in [-0.2, -0.15) is 0 Å². The van der Waals surface area contributed by atoms with Gasteiger partial charge in [-0.05, 0) is 44.2 Å². The Hall–Kier alpha value is -0.120. The molecule has 0 aromatic carbocycles. The van der Waals surface area contributed by atoms with Crippen LogP contribution in [0, 0.1) is 5.41 Å².